The van der Waals surface area contributed by atoms with Crippen molar-refractivity contribution in [3.63, 3.8) is 0 Å². The van der Waals surface area contributed by atoms with Crippen LogP contribution in [0.4, 0.5) is 4.39 Å². The molecule has 1 rings (SSSR count). The van der Waals surface area contributed by atoms with E-state index < -0.39 is 0 Å². The van der Waals surface area contributed by atoms with Crippen molar-refractivity contribution >= 4 is 6.21 Å². The molecule has 4 heteroatoms. The summed E-state index contributed by atoms with van der Waals surface area (Å²) in [6.07, 6.45) is 1.16. The van der Waals surface area contributed by atoms with Crippen LogP contribution in [0.5, 0.6) is 0 Å². The first-order valence-electron chi connectivity index (χ1n) is 5.63. The number of aryl methyl sites for hydroxylation is 1. The van der Waals surface area contributed by atoms with Gasteiger partial charge in [-0.05, 0) is 45.0 Å². The summed E-state index contributed by atoms with van der Waals surface area (Å²) in [7, 11) is 1.98. The minimum atomic E-state index is -0.361. The van der Waals surface area contributed by atoms with Crippen LogP contribution in [0.2, 0.25) is 0 Å². The van der Waals surface area contributed by atoms with Crippen LogP contribution < -0.4 is 0 Å². The number of benzene rings is 1. The lowest BCUT2D eigenvalue weighted by molar-refractivity contribution is 0.264. The molecule has 0 radical (unpaired) electrons. The van der Waals surface area contributed by atoms with Gasteiger partial charge in [-0.15, -0.1) is 0 Å². The molecule has 1 aromatic carbocycles. The molecule has 1 N–H and O–H groups in total. The van der Waals surface area contributed by atoms with Gasteiger partial charge in [-0.3, -0.25) is 4.90 Å². The highest BCUT2D eigenvalue weighted by Gasteiger charge is 2.13. The van der Waals surface area contributed by atoms with Crippen LogP contribution in [-0.4, -0.2) is 29.4 Å². The maximum absolute atomic E-state index is 13.6. The maximum Gasteiger partial charge on any atom is 0.132 e. The van der Waals surface area contributed by atoms with Gasteiger partial charge < -0.3 is 5.21 Å². The number of oxime groups is 1. The highest BCUT2D eigenvalue weighted by Crippen LogP contribution is 2.19. The zero-order chi connectivity index (χ0) is 13.0. The Morgan fingerprint density at radius 1 is 1.47 bits per heavy atom. The van der Waals surface area contributed by atoms with Crippen molar-refractivity contribution < 1.29 is 9.60 Å². The van der Waals surface area contributed by atoms with Crippen LogP contribution in [0.3, 0.4) is 0 Å². The molecule has 0 aromatic heterocycles. The molecule has 3 nitrogen and oxygen atoms in total. The van der Waals surface area contributed by atoms with Gasteiger partial charge in [0.15, 0.2) is 0 Å². The molecule has 0 atom stereocenters. The van der Waals surface area contributed by atoms with Crippen molar-refractivity contribution in [3.05, 3.63) is 34.6 Å². The monoisotopic (exact) mass is 238 g/mol. The predicted molar refractivity (Wildman–Crippen MR) is 67.1 cm³/mol. The van der Waals surface area contributed by atoms with Gasteiger partial charge >= 0.3 is 0 Å². The van der Waals surface area contributed by atoms with Gasteiger partial charge in [-0.25, -0.2) is 4.39 Å². The van der Waals surface area contributed by atoms with Gasteiger partial charge in [0.05, 0.1) is 6.21 Å². The Labute approximate surface area is 102 Å². The lowest BCUT2D eigenvalue weighted by atomic mass is 10.0. The second-order valence-electron chi connectivity index (χ2n) is 4.51. The maximum atomic E-state index is 13.6. The molecule has 0 aliphatic heterocycles. The second-order valence-corrected chi connectivity index (χ2v) is 4.51. The summed E-state index contributed by atoms with van der Waals surface area (Å²) in [6.45, 7) is 6.71. The van der Waals surface area contributed by atoms with Gasteiger partial charge in [0.2, 0.25) is 0 Å². The van der Waals surface area contributed by atoms with Gasteiger partial charge in [-0.1, -0.05) is 11.2 Å². The fraction of sp³-hybridized carbons (Fsp3) is 0.462. The van der Waals surface area contributed by atoms with Crippen LogP contribution in [0, 0.1) is 12.7 Å². The molecule has 0 saturated carbocycles. The largest absolute Gasteiger partial charge is 0.411 e. The normalized spacial score (nSPS) is 11.9. The first kappa shape index (κ1) is 13.6. The molecular formula is C13H19FN2O. The molecule has 0 aliphatic rings. The van der Waals surface area contributed by atoms with Crippen molar-refractivity contribution in [2.24, 2.45) is 5.16 Å². The fourth-order valence-corrected chi connectivity index (χ4v) is 1.58. The van der Waals surface area contributed by atoms with E-state index in [1.165, 1.54) is 6.07 Å². The van der Waals surface area contributed by atoms with E-state index in [1.54, 1.807) is 6.07 Å². The topological polar surface area (TPSA) is 35.8 Å². The molecule has 0 fully saturated rings. The Morgan fingerprint density at radius 3 is 2.65 bits per heavy atom. The Balaban J connectivity index is 3.16. The van der Waals surface area contributed by atoms with E-state index in [2.05, 4.69) is 23.9 Å². The average molecular weight is 238 g/mol. The predicted octanol–water partition coefficient (Wildman–Crippen LogP) is 2.78. The molecule has 0 amide bonds. The summed E-state index contributed by atoms with van der Waals surface area (Å²) in [4.78, 5) is 2.11. The van der Waals surface area contributed by atoms with Crippen molar-refractivity contribution in [2.75, 3.05) is 7.05 Å². The van der Waals surface area contributed by atoms with E-state index in [-0.39, 0.29) is 5.82 Å². The Hall–Kier alpha value is -1.42. The zero-order valence-electron chi connectivity index (χ0n) is 10.7. The molecular weight excluding hydrogens is 219 g/mol. The minimum Gasteiger partial charge on any atom is -0.411 e. The number of nitrogens with zero attached hydrogens (tertiary/aromatic N) is 2. The third kappa shape index (κ3) is 3.27. The first-order valence-corrected chi connectivity index (χ1v) is 5.63. The van der Waals surface area contributed by atoms with E-state index in [4.69, 9.17) is 5.21 Å². The lowest BCUT2D eigenvalue weighted by Crippen LogP contribution is -2.26. The molecule has 17 heavy (non-hydrogen) atoms. The fourth-order valence-electron chi connectivity index (χ4n) is 1.58. The van der Waals surface area contributed by atoms with Gasteiger partial charge in [0.1, 0.15) is 5.82 Å². The number of halogens is 1. The van der Waals surface area contributed by atoms with Crippen molar-refractivity contribution in [2.45, 2.75) is 33.4 Å². The van der Waals surface area contributed by atoms with Crippen molar-refractivity contribution in [1.82, 2.24) is 4.90 Å². The summed E-state index contributed by atoms with van der Waals surface area (Å²) in [5.74, 6) is -0.361. The zero-order valence-corrected chi connectivity index (χ0v) is 10.7. The van der Waals surface area contributed by atoms with E-state index in [1.807, 2.05) is 14.0 Å². The van der Waals surface area contributed by atoms with Crippen LogP contribution in [-0.2, 0) is 6.54 Å². The molecule has 0 aliphatic carbocycles. The van der Waals surface area contributed by atoms with Crippen molar-refractivity contribution in [1.29, 1.82) is 0 Å². The molecule has 0 bridgehead atoms. The molecule has 94 valence electrons. The van der Waals surface area contributed by atoms with Gasteiger partial charge in [0, 0.05) is 18.2 Å². The van der Waals surface area contributed by atoms with Crippen LogP contribution in [0.15, 0.2) is 17.3 Å². The molecule has 1 aromatic rings. The highest BCUT2D eigenvalue weighted by atomic mass is 19.1. The Morgan fingerprint density at radius 2 is 2.12 bits per heavy atom. The van der Waals surface area contributed by atoms with Crippen LogP contribution in [0.1, 0.15) is 30.5 Å². The Bertz CT molecular complexity index is 416. The lowest BCUT2D eigenvalue weighted by Gasteiger charge is -2.23. The van der Waals surface area contributed by atoms with Crippen LogP contribution >= 0.6 is 0 Å². The van der Waals surface area contributed by atoms with E-state index in [9.17, 15) is 4.39 Å². The SMILES string of the molecule is Cc1ccc(F)c(/C=N/O)c1CN(C)C(C)C. The standard InChI is InChI=1S/C13H19FN2O/c1-9(2)16(4)8-12-10(3)5-6-13(14)11(12)7-15-17/h5-7,9,17H,8H2,1-4H3/b15-7+. The number of hydrogen-bond acceptors (Lipinski definition) is 3. The number of rotatable bonds is 4. The van der Waals surface area contributed by atoms with Crippen molar-refractivity contribution in [3.8, 4) is 0 Å². The third-order valence-corrected chi connectivity index (χ3v) is 3.01. The molecule has 0 spiro atoms. The molecule has 0 saturated heterocycles. The summed E-state index contributed by atoms with van der Waals surface area (Å²) < 4.78 is 13.6. The minimum absolute atomic E-state index is 0.361. The van der Waals surface area contributed by atoms with E-state index in [0.29, 0.717) is 18.2 Å². The van der Waals surface area contributed by atoms with Gasteiger partial charge in [0.25, 0.3) is 0 Å². The third-order valence-electron chi connectivity index (χ3n) is 3.01. The van der Waals surface area contributed by atoms with Gasteiger partial charge in [-0.2, -0.15) is 0 Å². The summed E-state index contributed by atoms with van der Waals surface area (Å²) in [5.41, 5.74) is 2.22. The van der Waals surface area contributed by atoms with E-state index in [0.717, 1.165) is 17.3 Å². The van der Waals surface area contributed by atoms with Crippen LogP contribution in [0.25, 0.3) is 0 Å². The van der Waals surface area contributed by atoms with E-state index >= 15 is 0 Å². The summed E-state index contributed by atoms with van der Waals surface area (Å²) >= 11 is 0. The average Bonchev–Trinajstić information content (AvgIpc) is 2.28. The quantitative estimate of drug-likeness (QED) is 0.497. The second kappa shape index (κ2) is 5.77. The number of hydrogen-bond donors (Lipinski definition) is 1. The Kier molecular flexibility index (Phi) is 4.63. The smallest absolute Gasteiger partial charge is 0.132 e. The summed E-state index contributed by atoms with van der Waals surface area (Å²) in [5, 5.41) is 11.5. The summed E-state index contributed by atoms with van der Waals surface area (Å²) in [6, 6.07) is 3.51. The first-order chi connectivity index (χ1) is 7.97. The highest BCUT2D eigenvalue weighted by molar-refractivity contribution is 5.82. The molecule has 0 heterocycles. The molecule has 0 unspecified atom stereocenters.